The highest BCUT2D eigenvalue weighted by Gasteiger charge is 2.19. The van der Waals surface area contributed by atoms with E-state index in [0.29, 0.717) is 16.8 Å². The number of nitrogen functional groups attached to an aromatic ring is 1. The van der Waals surface area contributed by atoms with E-state index < -0.39 is 5.91 Å². The number of carbonyl (C=O) groups is 1. The summed E-state index contributed by atoms with van der Waals surface area (Å²) in [4.78, 5) is 13.6. The molecule has 0 spiro atoms. The van der Waals surface area contributed by atoms with Crippen LogP contribution in [0.15, 0.2) is 12.1 Å². The van der Waals surface area contributed by atoms with Crippen molar-refractivity contribution in [1.29, 1.82) is 0 Å². The van der Waals surface area contributed by atoms with Crippen molar-refractivity contribution in [2.24, 2.45) is 5.73 Å². The van der Waals surface area contributed by atoms with Crippen LogP contribution in [0.25, 0.3) is 0 Å². The maximum absolute atomic E-state index is 11.2. The second-order valence-corrected chi connectivity index (χ2v) is 5.54. The lowest BCUT2D eigenvalue weighted by Gasteiger charge is -2.32. The minimum atomic E-state index is -0.563. The van der Waals surface area contributed by atoms with E-state index in [1.165, 1.54) is 6.07 Å². The predicted octanol–water partition coefficient (Wildman–Crippen LogP) is 1.92. The first kappa shape index (κ1) is 14.9. The molecule has 1 heterocycles. The molecule has 20 heavy (non-hydrogen) atoms. The standard InChI is InChI=1S/C14H21ClN4O/c1-2-19-5-3-9(4-6-19)18-13-8-12(16)10(14(17)20)7-11(13)15/h7-9,18H,2-6,16H2,1H3,(H2,17,20). The number of amides is 1. The van der Waals surface area contributed by atoms with Gasteiger partial charge < -0.3 is 21.7 Å². The molecule has 0 aliphatic carbocycles. The lowest BCUT2D eigenvalue weighted by Crippen LogP contribution is -2.38. The Labute approximate surface area is 124 Å². The van der Waals surface area contributed by atoms with Crippen molar-refractivity contribution in [2.75, 3.05) is 30.7 Å². The van der Waals surface area contributed by atoms with Crippen LogP contribution in [0.3, 0.4) is 0 Å². The number of nitrogens with zero attached hydrogens (tertiary/aromatic N) is 1. The SMILES string of the molecule is CCN1CCC(Nc2cc(N)c(C(N)=O)cc2Cl)CC1. The van der Waals surface area contributed by atoms with Gasteiger partial charge in [0.2, 0.25) is 0 Å². The van der Waals surface area contributed by atoms with Crippen LogP contribution >= 0.6 is 11.6 Å². The van der Waals surface area contributed by atoms with Crippen molar-refractivity contribution in [3.63, 3.8) is 0 Å². The molecule has 5 N–H and O–H groups in total. The van der Waals surface area contributed by atoms with Crippen molar-refractivity contribution < 1.29 is 4.79 Å². The second kappa shape index (κ2) is 6.33. The number of nitrogens with one attached hydrogen (secondary N) is 1. The number of rotatable bonds is 4. The van der Waals surface area contributed by atoms with E-state index in [1.54, 1.807) is 6.07 Å². The van der Waals surface area contributed by atoms with Crippen molar-refractivity contribution in [3.8, 4) is 0 Å². The fraction of sp³-hybridized carbons (Fsp3) is 0.500. The number of benzene rings is 1. The predicted molar refractivity (Wildman–Crippen MR) is 83.1 cm³/mol. The third-order valence-electron chi connectivity index (χ3n) is 3.80. The Morgan fingerprint density at radius 3 is 2.65 bits per heavy atom. The van der Waals surface area contributed by atoms with E-state index in [1.807, 2.05) is 0 Å². The highest BCUT2D eigenvalue weighted by Crippen LogP contribution is 2.29. The van der Waals surface area contributed by atoms with Gasteiger partial charge in [-0.1, -0.05) is 18.5 Å². The molecule has 0 aromatic heterocycles. The third kappa shape index (κ3) is 3.35. The van der Waals surface area contributed by atoms with Gasteiger partial charge in [0.25, 0.3) is 5.91 Å². The molecular weight excluding hydrogens is 276 g/mol. The molecule has 6 heteroatoms. The molecule has 110 valence electrons. The first-order valence-corrected chi connectivity index (χ1v) is 7.26. The zero-order valence-electron chi connectivity index (χ0n) is 11.7. The molecule has 0 radical (unpaired) electrons. The average molecular weight is 297 g/mol. The average Bonchev–Trinajstić information content (AvgIpc) is 2.43. The number of anilines is 2. The normalized spacial score (nSPS) is 17.1. The first-order valence-electron chi connectivity index (χ1n) is 6.89. The molecule has 0 atom stereocenters. The Bertz CT molecular complexity index is 498. The van der Waals surface area contributed by atoms with E-state index in [4.69, 9.17) is 23.1 Å². The van der Waals surface area contributed by atoms with E-state index in [2.05, 4.69) is 17.1 Å². The van der Waals surface area contributed by atoms with Gasteiger partial charge in [0.1, 0.15) is 0 Å². The molecule has 1 amide bonds. The van der Waals surface area contributed by atoms with E-state index >= 15 is 0 Å². The highest BCUT2D eigenvalue weighted by atomic mass is 35.5. The highest BCUT2D eigenvalue weighted by molar-refractivity contribution is 6.33. The molecule has 5 nitrogen and oxygen atoms in total. The summed E-state index contributed by atoms with van der Waals surface area (Å²) in [7, 11) is 0. The smallest absolute Gasteiger partial charge is 0.250 e. The van der Waals surface area contributed by atoms with Gasteiger partial charge in [-0.3, -0.25) is 4.79 Å². The number of hydrogen-bond donors (Lipinski definition) is 3. The minimum Gasteiger partial charge on any atom is -0.398 e. The number of piperidine rings is 1. The second-order valence-electron chi connectivity index (χ2n) is 5.14. The molecule has 1 fully saturated rings. The van der Waals surface area contributed by atoms with Gasteiger partial charge in [-0.15, -0.1) is 0 Å². The van der Waals surface area contributed by atoms with Crippen LogP contribution in [0.2, 0.25) is 5.02 Å². The molecular formula is C14H21ClN4O. The van der Waals surface area contributed by atoms with Gasteiger partial charge in [-0.05, 0) is 31.5 Å². The molecule has 1 saturated heterocycles. The Hall–Kier alpha value is -1.46. The van der Waals surface area contributed by atoms with Crippen LogP contribution in [-0.4, -0.2) is 36.5 Å². The first-order chi connectivity index (χ1) is 9.51. The fourth-order valence-electron chi connectivity index (χ4n) is 2.53. The largest absolute Gasteiger partial charge is 0.398 e. The third-order valence-corrected chi connectivity index (χ3v) is 4.11. The maximum atomic E-state index is 11.2. The molecule has 1 aromatic carbocycles. The number of likely N-dealkylation sites (tertiary alicyclic amines) is 1. The summed E-state index contributed by atoms with van der Waals surface area (Å²) >= 11 is 6.18. The fourth-order valence-corrected chi connectivity index (χ4v) is 2.75. The summed E-state index contributed by atoms with van der Waals surface area (Å²) in [6.07, 6.45) is 2.14. The monoisotopic (exact) mass is 296 g/mol. The van der Waals surface area contributed by atoms with E-state index in [0.717, 1.165) is 38.2 Å². The van der Waals surface area contributed by atoms with Crippen molar-refractivity contribution >= 4 is 28.9 Å². The van der Waals surface area contributed by atoms with Crippen LogP contribution < -0.4 is 16.8 Å². The lowest BCUT2D eigenvalue weighted by molar-refractivity contribution is 0.100. The van der Waals surface area contributed by atoms with Gasteiger partial charge in [-0.25, -0.2) is 0 Å². The zero-order valence-corrected chi connectivity index (χ0v) is 12.4. The Kier molecular flexibility index (Phi) is 4.73. The van der Waals surface area contributed by atoms with Crippen LogP contribution in [0.4, 0.5) is 11.4 Å². The maximum Gasteiger partial charge on any atom is 0.250 e. The Balaban J connectivity index is 2.07. The topological polar surface area (TPSA) is 84.4 Å². The molecule has 0 bridgehead atoms. The number of halogens is 1. The summed E-state index contributed by atoms with van der Waals surface area (Å²) in [5, 5.41) is 3.89. The van der Waals surface area contributed by atoms with Crippen molar-refractivity contribution in [2.45, 2.75) is 25.8 Å². The molecule has 1 aliphatic rings. The Morgan fingerprint density at radius 2 is 2.10 bits per heavy atom. The quantitative estimate of drug-likeness (QED) is 0.741. The van der Waals surface area contributed by atoms with Crippen LogP contribution in [-0.2, 0) is 0 Å². The zero-order chi connectivity index (χ0) is 14.7. The van der Waals surface area contributed by atoms with E-state index in [-0.39, 0.29) is 5.56 Å². The number of nitrogens with two attached hydrogens (primary N) is 2. The molecule has 0 saturated carbocycles. The van der Waals surface area contributed by atoms with Crippen LogP contribution in [0.5, 0.6) is 0 Å². The van der Waals surface area contributed by atoms with Crippen molar-refractivity contribution in [3.05, 3.63) is 22.7 Å². The van der Waals surface area contributed by atoms with Gasteiger partial charge in [0.05, 0.1) is 16.3 Å². The molecule has 2 rings (SSSR count). The summed E-state index contributed by atoms with van der Waals surface area (Å²) in [5.41, 5.74) is 12.5. The summed E-state index contributed by atoms with van der Waals surface area (Å²) in [6, 6.07) is 3.60. The van der Waals surface area contributed by atoms with Gasteiger partial charge in [0, 0.05) is 24.8 Å². The van der Waals surface area contributed by atoms with Crippen LogP contribution in [0, 0.1) is 0 Å². The summed E-state index contributed by atoms with van der Waals surface area (Å²) < 4.78 is 0. The summed E-state index contributed by atoms with van der Waals surface area (Å²) in [6.45, 7) is 5.43. The van der Waals surface area contributed by atoms with Crippen molar-refractivity contribution in [1.82, 2.24) is 4.90 Å². The van der Waals surface area contributed by atoms with E-state index in [9.17, 15) is 4.79 Å². The van der Waals surface area contributed by atoms with Crippen LogP contribution in [0.1, 0.15) is 30.1 Å². The summed E-state index contributed by atoms with van der Waals surface area (Å²) in [5.74, 6) is -0.563. The minimum absolute atomic E-state index is 0.265. The molecule has 1 aliphatic heterocycles. The van der Waals surface area contributed by atoms with Gasteiger partial charge >= 0.3 is 0 Å². The Morgan fingerprint density at radius 1 is 1.45 bits per heavy atom. The van der Waals surface area contributed by atoms with Gasteiger partial charge in [-0.2, -0.15) is 0 Å². The number of hydrogen-bond acceptors (Lipinski definition) is 4. The number of carbonyl (C=O) groups excluding carboxylic acids is 1. The van der Waals surface area contributed by atoms with Gasteiger partial charge in [0.15, 0.2) is 0 Å². The molecule has 0 unspecified atom stereocenters. The number of primary amides is 1. The molecule has 1 aromatic rings. The lowest BCUT2D eigenvalue weighted by atomic mass is 10.0.